The summed E-state index contributed by atoms with van der Waals surface area (Å²) in [7, 11) is 0. The molecule has 0 saturated carbocycles. The summed E-state index contributed by atoms with van der Waals surface area (Å²) in [6.45, 7) is 10.1. The number of benzene rings is 1. The van der Waals surface area contributed by atoms with Crippen molar-refractivity contribution in [1.29, 1.82) is 0 Å². The largest absolute Gasteiger partial charge is 0.491 e. The molecule has 90 valence electrons. The Morgan fingerprint density at radius 1 is 1.25 bits per heavy atom. The van der Waals surface area contributed by atoms with E-state index in [1.165, 1.54) is 5.56 Å². The predicted octanol–water partition coefficient (Wildman–Crippen LogP) is 3.37. The van der Waals surface area contributed by atoms with Crippen molar-refractivity contribution < 1.29 is 4.74 Å². The first-order valence-corrected chi connectivity index (χ1v) is 6.16. The van der Waals surface area contributed by atoms with E-state index < -0.39 is 0 Å². The topological polar surface area (TPSA) is 12.5 Å². The van der Waals surface area contributed by atoms with Gasteiger partial charge in [-0.1, -0.05) is 31.5 Å². The van der Waals surface area contributed by atoms with Crippen molar-refractivity contribution in [3.05, 3.63) is 28.8 Å². The van der Waals surface area contributed by atoms with Gasteiger partial charge in [0.15, 0.2) is 0 Å². The number of ether oxygens (including phenoxy) is 1. The van der Waals surface area contributed by atoms with Crippen LogP contribution < -0.4 is 4.74 Å². The Bertz CT molecular complexity index is 324. The van der Waals surface area contributed by atoms with E-state index in [0.29, 0.717) is 11.6 Å². The first kappa shape index (κ1) is 13.3. The number of nitrogens with zero attached hydrogens (tertiary/aromatic N) is 1. The van der Waals surface area contributed by atoms with Crippen LogP contribution in [0.25, 0.3) is 0 Å². The summed E-state index contributed by atoms with van der Waals surface area (Å²) < 4.78 is 5.68. The van der Waals surface area contributed by atoms with Gasteiger partial charge < -0.3 is 9.64 Å². The van der Waals surface area contributed by atoms with Crippen LogP contribution in [-0.2, 0) is 0 Å². The van der Waals surface area contributed by atoms with Crippen LogP contribution in [0.5, 0.6) is 5.75 Å². The maximum Gasteiger partial charge on any atom is 0.138 e. The molecule has 0 bridgehead atoms. The molecule has 0 spiro atoms. The van der Waals surface area contributed by atoms with Gasteiger partial charge in [0, 0.05) is 6.54 Å². The van der Waals surface area contributed by atoms with Gasteiger partial charge >= 0.3 is 0 Å². The molecule has 0 unspecified atom stereocenters. The number of hydrogen-bond acceptors (Lipinski definition) is 2. The second-order valence-electron chi connectivity index (χ2n) is 3.81. The SMILES string of the molecule is CCN(CC)CCOc1cc(C)ccc1Cl. The molecule has 3 heteroatoms. The first-order chi connectivity index (χ1) is 7.67. The average molecular weight is 242 g/mol. The van der Waals surface area contributed by atoms with Crippen LogP contribution in [-0.4, -0.2) is 31.1 Å². The minimum atomic E-state index is 0.685. The standard InChI is InChI=1S/C13H20ClNO/c1-4-15(5-2)8-9-16-13-10-11(3)6-7-12(13)14/h6-7,10H,4-5,8-9H2,1-3H3. The van der Waals surface area contributed by atoms with Gasteiger partial charge in [0.25, 0.3) is 0 Å². The van der Waals surface area contributed by atoms with Gasteiger partial charge in [0.1, 0.15) is 12.4 Å². The second kappa shape index (κ2) is 6.77. The van der Waals surface area contributed by atoms with Crippen LogP contribution in [0.1, 0.15) is 19.4 Å². The number of hydrogen-bond donors (Lipinski definition) is 0. The first-order valence-electron chi connectivity index (χ1n) is 5.78. The Labute approximate surface area is 103 Å². The molecule has 0 heterocycles. The summed E-state index contributed by atoms with van der Waals surface area (Å²) in [5, 5.41) is 0.685. The smallest absolute Gasteiger partial charge is 0.138 e. The van der Waals surface area contributed by atoms with Crippen LogP contribution in [0.4, 0.5) is 0 Å². The fourth-order valence-corrected chi connectivity index (χ4v) is 1.72. The lowest BCUT2D eigenvalue weighted by atomic mass is 10.2. The molecular weight excluding hydrogens is 222 g/mol. The van der Waals surface area contributed by atoms with E-state index in [0.717, 1.165) is 25.4 Å². The molecule has 2 nitrogen and oxygen atoms in total. The maximum absolute atomic E-state index is 6.04. The minimum absolute atomic E-state index is 0.685. The molecule has 0 amide bonds. The van der Waals surface area contributed by atoms with Crippen LogP contribution in [0.15, 0.2) is 18.2 Å². The van der Waals surface area contributed by atoms with Crippen LogP contribution in [0.2, 0.25) is 5.02 Å². The molecule has 0 N–H and O–H groups in total. The molecule has 0 aromatic heterocycles. The molecule has 1 aromatic rings. The third-order valence-electron chi connectivity index (χ3n) is 2.65. The van der Waals surface area contributed by atoms with Crippen molar-refractivity contribution >= 4 is 11.6 Å². The molecule has 0 aliphatic carbocycles. The quantitative estimate of drug-likeness (QED) is 0.757. The highest BCUT2D eigenvalue weighted by Crippen LogP contribution is 2.24. The van der Waals surface area contributed by atoms with Crippen molar-refractivity contribution in [2.45, 2.75) is 20.8 Å². The zero-order valence-corrected chi connectivity index (χ0v) is 11.0. The van der Waals surface area contributed by atoms with Crippen LogP contribution in [0, 0.1) is 6.92 Å². The molecule has 0 aliphatic rings. The molecule has 1 aromatic carbocycles. The lowest BCUT2D eigenvalue weighted by molar-refractivity contribution is 0.223. The fourth-order valence-electron chi connectivity index (χ4n) is 1.55. The van der Waals surface area contributed by atoms with Crippen molar-refractivity contribution in [1.82, 2.24) is 4.90 Å². The molecule has 0 radical (unpaired) electrons. The fraction of sp³-hybridized carbons (Fsp3) is 0.538. The maximum atomic E-state index is 6.04. The van der Waals surface area contributed by atoms with Gasteiger partial charge in [-0.2, -0.15) is 0 Å². The van der Waals surface area contributed by atoms with Gasteiger partial charge in [-0.3, -0.25) is 0 Å². The van der Waals surface area contributed by atoms with E-state index in [1.54, 1.807) is 0 Å². The van der Waals surface area contributed by atoms with E-state index in [2.05, 4.69) is 18.7 Å². The second-order valence-corrected chi connectivity index (χ2v) is 4.22. The Kier molecular flexibility index (Phi) is 5.64. The van der Waals surface area contributed by atoms with Crippen molar-refractivity contribution in [2.75, 3.05) is 26.2 Å². The zero-order chi connectivity index (χ0) is 12.0. The summed E-state index contributed by atoms with van der Waals surface area (Å²) in [5.74, 6) is 0.786. The summed E-state index contributed by atoms with van der Waals surface area (Å²) in [6, 6.07) is 5.84. The van der Waals surface area contributed by atoms with Crippen molar-refractivity contribution in [2.24, 2.45) is 0 Å². The Morgan fingerprint density at radius 3 is 2.56 bits per heavy atom. The zero-order valence-electron chi connectivity index (χ0n) is 10.3. The lowest BCUT2D eigenvalue weighted by Gasteiger charge is -2.18. The number of rotatable bonds is 6. The van der Waals surface area contributed by atoms with E-state index in [-0.39, 0.29) is 0 Å². The lowest BCUT2D eigenvalue weighted by Crippen LogP contribution is -2.27. The number of likely N-dealkylation sites (N-methyl/N-ethyl adjacent to an activating group) is 1. The number of halogens is 1. The monoisotopic (exact) mass is 241 g/mol. The normalized spacial score (nSPS) is 10.8. The Balaban J connectivity index is 2.45. The van der Waals surface area contributed by atoms with Crippen molar-refractivity contribution in [3.8, 4) is 5.75 Å². The third kappa shape index (κ3) is 4.03. The van der Waals surface area contributed by atoms with Gasteiger partial charge in [-0.25, -0.2) is 0 Å². The van der Waals surface area contributed by atoms with Crippen LogP contribution >= 0.6 is 11.6 Å². The molecule has 0 atom stereocenters. The average Bonchev–Trinajstić information content (AvgIpc) is 2.29. The van der Waals surface area contributed by atoms with Gasteiger partial charge in [-0.15, -0.1) is 0 Å². The van der Waals surface area contributed by atoms with E-state index >= 15 is 0 Å². The van der Waals surface area contributed by atoms with Gasteiger partial charge in [0.05, 0.1) is 5.02 Å². The summed E-state index contributed by atoms with van der Waals surface area (Å²) >= 11 is 6.04. The highest BCUT2D eigenvalue weighted by atomic mass is 35.5. The molecule has 1 rings (SSSR count). The molecule has 0 aliphatic heterocycles. The van der Waals surface area contributed by atoms with Gasteiger partial charge in [0.2, 0.25) is 0 Å². The van der Waals surface area contributed by atoms with Crippen LogP contribution in [0.3, 0.4) is 0 Å². The van der Waals surface area contributed by atoms with Gasteiger partial charge in [-0.05, 0) is 37.7 Å². The minimum Gasteiger partial charge on any atom is -0.491 e. The number of aryl methyl sites for hydroxylation is 1. The summed E-state index contributed by atoms with van der Waals surface area (Å²) in [6.07, 6.45) is 0. The summed E-state index contributed by atoms with van der Waals surface area (Å²) in [5.41, 5.74) is 1.17. The Morgan fingerprint density at radius 2 is 1.94 bits per heavy atom. The molecule has 0 saturated heterocycles. The van der Waals surface area contributed by atoms with Crippen molar-refractivity contribution in [3.63, 3.8) is 0 Å². The molecule has 0 fully saturated rings. The molecular formula is C13H20ClNO. The highest BCUT2D eigenvalue weighted by molar-refractivity contribution is 6.32. The van der Waals surface area contributed by atoms with E-state index in [9.17, 15) is 0 Å². The Hall–Kier alpha value is -0.730. The predicted molar refractivity (Wildman–Crippen MR) is 69.5 cm³/mol. The third-order valence-corrected chi connectivity index (χ3v) is 2.96. The molecule has 16 heavy (non-hydrogen) atoms. The highest BCUT2D eigenvalue weighted by Gasteiger charge is 2.03. The van der Waals surface area contributed by atoms with E-state index in [1.807, 2.05) is 25.1 Å². The van der Waals surface area contributed by atoms with E-state index in [4.69, 9.17) is 16.3 Å². The summed E-state index contributed by atoms with van der Waals surface area (Å²) in [4.78, 5) is 2.32.